The van der Waals surface area contributed by atoms with Crippen LogP contribution in [0.25, 0.3) is 0 Å². The predicted octanol–water partition coefficient (Wildman–Crippen LogP) is 2.90. The third kappa shape index (κ3) is 5.46. The molecule has 0 saturated heterocycles. The summed E-state index contributed by atoms with van der Waals surface area (Å²) >= 11 is 0. The maximum absolute atomic E-state index is 12.8. The monoisotopic (exact) mass is 332 g/mol. The Kier molecular flexibility index (Phi) is 9.06. The number of carbonyl (C=O) groups excluding carboxylic acids is 1. The highest BCUT2D eigenvalue weighted by Gasteiger charge is 2.33. The van der Waals surface area contributed by atoms with Gasteiger partial charge in [-0.05, 0) is 44.0 Å². The molecule has 1 unspecified atom stereocenters. The van der Waals surface area contributed by atoms with E-state index in [1.54, 1.807) is 12.1 Å². The molecule has 0 bridgehead atoms. The summed E-state index contributed by atoms with van der Waals surface area (Å²) in [6.07, 6.45) is 1.21. The Balaban J connectivity index is 0.00000441. The van der Waals surface area contributed by atoms with E-state index in [1.807, 2.05) is 20.8 Å². The van der Waals surface area contributed by atoms with Gasteiger partial charge in [0, 0.05) is 6.54 Å². The minimum Gasteiger partial charge on any atom is -0.489 e. The van der Waals surface area contributed by atoms with Gasteiger partial charge in [0.2, 0.25) is 5.91 Å². The SMILES string of the molecule is CCC(CC)(CN)C(=O)NCC(C)Oc1ccc(F)cc1.Cl. The van der Waals surface area contributed by atoms with E-state index in [4.69, 9.17) is 10.5 Å². The molecule has 1 atom stereocenters. The van der Waals surface area contributed by atoms with Crippen LogP contribution in [0.1, 0.15) is 33.6 Å². The van der Waals surface area contributed by atoms with Gasteiger partial charge in [-0.1, -0.05) is 13.8 Å². The summed E-state index contributed by atoms with van der Waals surface area (Å²) in [5.41, 5.74) is 5.24. The van der Waals surface area contributed by atoms with Crippen molar-refractivity contribution in [2.45, 2.75) is 39.7 Å². The van der Waals surface area contributed by atoms with Crippen LogP contribution in [0.15, 0.2) is 24.3 Å². The number of amides is 1. The molecule has 1 amide bonds. The predicted molar refractivity (Wildman–Crippen MR) is 88.8 cm³/mol. The van der Waals surface area contributed by atoms with E-state index in [0.717, 1.165) is 0 Å². The molecule has 22 heavy (non-hydrogen) atoms. The lowest BCUT2D eigenvalue weighted by Crippen LogP contribution is -2.47. The maximum Gasteiger partial charge on any atom is 0.227 e. The topological polar surface area (TPSA) is 64.4 Å². The fourth-order valence-corrected chi connectivity index (χ4v) is 2.16. The van der Waals surface area contributed by atoms with Gasteiger partial charge in [0.05, 0.1) is 12.0 Å². The number of nitrogens with two attached hydrogens (primary N) is 1. The number of rotatable bonds is 8. The van der Waals surface area contributed by atoms with Crippen LogP contribution in [0.2, 0.25) is 0 Å². The van der Waals surface area contributed by atoms with Crippen LogP contribution in [0, 0.1) is 11.2 Å². The first-order chi connectivity index (χ1) is 9.97. The fourth-order valence-electron chi connectivity index (χ4n) is 2.16. The van der Waals surface area contributed by atoms with Crippen LogP contribution in [-0.4, -0.2) is 25.1 Å². The third-order valence-corrected chi connectivity index (χ3v) is 3.93. The Hall–Kier alpha value is -1.33. The van der Waals surface area contributed by atoms with Gasteiger partial charge in [0.25, 0.3) is 0 Å². The summed E-state index contributed by atoms with van der Waals surface area (Å²) < 4.78 is 18.4. The van der Waals surface area contributed by atoms with Crippen molar-refractivity contribution in [2.75, 3.05) is 13.1 Å². The van der Waals surface area contributed by atoms with Gasteiger partial charge >= 0.3 is 0 Å². The Morgan fingerprint density at radius 1 is 1.32 bits per heavy atom. The second kappa shape index (κ2) is 9.64. The molecule has 0 aliphatic heterocycles. The molecular formula is C16H26ClFN2O2. The summed E-state index contributed by atoms with van der Waals surface area (Å²) in [4.78, 5) is 12.3. The van der Waals surface area contributed by atoms with Gasteiger partial charge in [0.15, 0.2) is 0 Å². The first kappa shape index (κ1) is 20.7. The summed E-state index contributed by atoms with van der Waals surface area (Å²) in [5.74, 6) is 0.237. The lowest BCUT2D eigenvalue weighted by molar-refractivity contribution is -0.131. The van der Waals surface area contributed by atoms with Gasteiger partial charge < -0.3 is 15.8 Å². The van der Waals surface area contributed by atoms with Crippen LogP contribution in [0.5, 0.6) is 5.75 Å². The van der Waals surface area contributed by atoms with Crippen molar-refractivity contribution in [1.82, 2.24) is 5.32 Å². The molecule has 0 aliphatic carbocycles. The van der Waals surface area contributed by atoms with Gasteiger partial charge in [-0.15, -0.1) is 12.4 Å². The van der Waals surface area contributed by atoms with Crippen LogP contribution < -0.4 is 15.8 Å². The van der Waals surface area contributed by atoms with E-state index in [-0.39, 0.29) is 30.2 Å². The van der Waals surface area contributed by atoms with E-state index in [0.29, 0.717) is 31.7 Å². The molecule has 0 spiro atoms. The molecule has 1 aromatic carbocycles. The Labute approximate surface area is 138 Å². The minimum atomic E-state index is -0.504. The second-order valence-corrected chi connectivity index (χ2v) is 5.28. The van der Waals surface area contributed by atoms with Gasteiger partial charge in [0.1, 0.15) is 17.7 Å². The Morgan fingerprint density at radius 2 is 1.86 bits per heavy atom. The molecule has 1 aromatic rings. The number of nitrogens with one attached hydrogen (secondary N) is 1. The highest BCUT2D eigenvalue weighted by molar-refractivity contribution is 5.85. The molecule has 0 aliphatic rings. The highest BCUT2D eigenvalue weighted by atomic mass is 35.5. The van der Waals surface area contributed by atoms with Crippen molar-refractivity contribution < 1.29 is 13.9 Å². The van der Waals surface area contributed by atoms with Crippen molar-refractivity contribution in [3.05, 3.63) is 30.1 Å². The molecule has 0 aromatic heterocycles. The molecule has 0 heterocycles. The number of benzene rings is 1. The average Bonchev–Trinajstić information content (AvgIpc) is 2.50. The number of halogens is 2. The molecule has 6 heteroatoms. The Bertz CT molecular complexity index is 442. The lowest BCUT2D eigenvalue weighted by Gasteiger charge is -2.29. The van der Waals surface area contributed by atoms with Gasteiger partial charge in [-0.25, -0.2) is 4.39 Å². The molecule has 4 nitrogen and oxygen atoms in total. The first-order valence-electron chi connectivity index (χ1n) is 7.38. The normalized spacial score (nSPS) is 12.2. The van der Waals surface area contributed by atoms with E-state index in [9.17, 15) is 9.18 Å². The van der Waals surface area contributed by atoms with Crippen molar-refractivity contribution in [1.29, 1.82) is 0 Å². The average molecular weight is 333 g/mol. The number of ether oxygens (including phenoxy) is 1. The second-order valence-electron chi connectivity index (χ2n) is 5.28. The third-order valence-electron chi connectivity index (χ3n) is 3.93. The molecule has 0 fully saturated rings. The first-order valence-corrected chi connectivity index (χ1v) is 7.38. The number of hydrogen-bond acceptors (Lipinski definition) is 3. The van der Waals surface area contributed by atoms with Crippen molar-refractivity contribution in [2.24, 2.45) is 11.1 Å². The summed E-state index contributed by atoms with van der Waals surface area (Å²) in [5, 5.41) is 2.89. The lowest BCUT2D eigenvalue weighted by atomic mass is 9.81. The zero-order valence-electron chi connectivity index (χ0n) is 13.4. The van der Waals surface area contributed by atoms with Gasteiger partial charge in [-0.3, -0.25) is 4.79 Å². The van der Waals surface area contributed by atoms with Crippen LogP contribution in [-0.2, 0) is 4.79 Å². The van der Waals surface area contributed by atoms with E-state index in [2.05, 4.69) is 5.32 Å². The van der Waals surface area contributed by atoms with E-state index >= 15 is 0 Å². The molecule has 126 valence electrons. The smallest absolute Gasteiger partial charge is 0.227 e. The van der Waals surface area contributed by atoms with Crippen LogP contribution in [0.4, 0.5) is 4.39 Å². The molecule has 0 saturated carbocycles. The largest absolute Gasteiger partial charge is 0.489 e. The van der Waals surface area contributed by atoms with E-state index < -0.39 is 5.41 Å². The molecule has 3 N–H and O–H groups in total. The minimum absolute atomic E-state index is 0. The molecular weight excluding hydrogens is 307 g/mol. The summed E-state index contributed by atoms with van der Waals surface area (Å²) in [7, 11) is 0. The van der Waals surface area contributed by atoms with Crippen molar-refractivity contribution >= 4 is 18.3 Å². The van der Waals surface area contributed by atoms with Crippen molar-refractivity contribution in [3.8, 4) is 5.75 Å². The number of carbonyl (C=O) groups is 1. The maximum atomic E-state index is 12.8. The zero-order chi connectivity index (χ0) is 15.9. The quantitative estimate of drug-likeness (QED) is 0.769. The highest BCUT2D eigenvalue weighted by Crippen LogP contribution is 2.24. The Morgan fingerprint density at radius 3 is 2.32 bits per heavy atom. The molecule has 0 radical (unpaired) electrons. The summed E-state index contributed by atoms with van der Waals surface area (Å²) in [6.45, 7) is 6.51. The fraction of sp³-hybridized carbons (Fsp3) is 0.562. The summed E-state index contributed by atoms with van der Waals surface area (Å²) in [6, 6.07) is 5.81. The molecule has 1 rings (SSSR count). The van der Waals surface area contributed by atoms with Crippen molar-refractivity contribution in [3.63, 3.8) is 0 Å². The standard InChI is InChI=1S/C16H25FN2O2.ClH/c1-4-16(5-2,11-18)15(20)19-10-12(3)21-14-8-6-13(17)7-9-14;/h6-9,12H,4-5,10-11,18H2,1-3H3,(H,19,20);1H. The van der Waals surface area contributed by atoms with Gasteiger partial charge in [-0.2, -0.15) is 0 Å². The van der Waals surface area contributed by atoms with Crippen LogP contribution in [0.3, 0.4) is 0 Å². The van der Waals surface area contributed by atoms with E-state index in [1.165, 1.54) is 12.1 Å². The zero-order valence-corrected chi connectivity index (χ0v) is 14.2. The van der Waals surface area contributed by atoms with Crippen LogP contribution >= 0.6 is 12.4 Å². The number of hydrogen-bond donors (Lipinski definition) is 2.